The van der Waals surface area contributed by atoms with Crippen LogP contribution in [-0.4, -0.2) is 23.0 Å². The first-order chi connectivity index (χ1) is 10.9. The lowest BCUT2D eigenvalue weighted by molar-refractivity contribution is -0.122. The van der Waals surface area contributed by atoms with E-state index in [1.54, 1.807) is 11.3 Å². The second-order valence-corrected chi connectivity index (χ2v) is 7.49. The third-order valence-corrected chi connectivity index (χ3v) is 5.96. The number of carbonyl (C=O) groups excluding carboxylic acids is 1. The minimum atomic E-state index is -0.669. The second kappa shape index (κ2) is 7.41. The molecule has 1 atom stereocenters. The van der Waals surface area contributed by atoms with Crippen molar-refractivity contribution < 1.29 is 4.79 Å². The van der Waals surface area contributed by atoms with Crippen LogP contribution in [0.3, 0.4) is 0 Å². The number of amides is 1. The van der Waals surface area contributed by atoms with Gasteiger partial charge in [0.25, 0.3) is 0 Å². The minimum Gasteiger partial charge on any atom is -0.337 e. The number of nitriles is 1. The Balaban J connectivity index is 1.96. The van der Waals surface area contributed by atoms with Gasteiger partial charge in [-0.15, -0.1) is 11.3 Å². The minimum absolute atomic E-state index is 0.110. The normalized spacial score (nSPS) is 19.6. The topological polar surface area (TPSA) is 77.8 Å². The summed E-state index contributed by atoms with van der Waals surface area (Å²) in [7, 11) is 0. The van der Waals surface area contributed by atoms with E-state index in [9.17, 15) is 10.1 Å². The molecular weight excluding hydrogens is 308 g/mol. The van der Waals surface area contributed by atoms with E-state index >= 15 is 0 Å². The molecule has 1 aromatic heterocycles. The molecule has 0 radical (unpaired) electrons. The lowest BCUT2D eigenvalue weighted by atomic mass is 9.83. The quantitative estimate of drug-likeness (QED) is 0.838. The molecule has 23 heavy (non-hydrogen) atoms. The first-order valence-electron chi connectivity index (χ1n) is 8.33. The first-order valence-corrected chi connectivity index (χ1v) is 9.21. The van der Waals surface area contributed by atoms with Crippen molar-refractivity contribution in [2.75, 3.05) is 6.54 Å². The molecule has 0 saturated heterocycles. The molecule has 2 N–H and O–H groups in total. The Morgan fingerprint density at radius 3 is 2.70 bits per heavy atom. The zero-order valence-electron chi connectivity index (χ0n) is 14.2. The molecule has 1 aliphatic rings. The number of carbonyl (C=O) groups is 1. The summed E-state index contributed by atoms with van der Waals surface area (Å²) < 4.78 is 0. The van der Waals surface area contributed by atoms with Gasteiger partial charge in [0.15, 0.2) is 0 Å². The van der Waals surface area contributed by atoms with Crippen molar-refractivity contribution in [3.05, 3.63) is 16.1 Å². The highest BCUT2D eigenvalue weighted by molar-refractivity contribution is 7.09. The van der Waals surface area contributed by atoms with E-state index in [0.29, 0.717) is 0 Å². The number of nitrogens with one attached hydrogen (secondary N) is 2. The van der Waals surface area contributed by atoms with Gasteiger partial charge in [-0.2, -0.15) is 5.26 Å². The van der Waals surface area contributed by atoms with Crippen LogP contribution in [0.2, 0.25) is 0 Å². The van der Waals surface area contributed by atoms with Gasteiger partial charge < -0.3 is 5.32 Å². The van der Waals surface area contributed by atoms with E-state index in [-0.39, 0.29) is 18.0 Å². The molecule has 1 aromatic rings. The van der Waals surface area contributed by atoms with Gasteiger partial charge in [-0.25, -0.2) is 4.98 Å². The van der Waals surface area contributed by atoms with Crippen molar-refractivity contribution >= 4 is 17.2 Å². The van der Waals surface area contributed by atoms with E-state index in [1.165, 1.54) is 0 Å². The molecular formula is C17H26N4OS. The zero-order valence-corrected chi connectivity index (χ0v) is 15.1. The molecule has 126 valence electrons. The lowest BCUT2D eigenvalue weighted by Crippen LogP contribution is -2.53. The zero-order chi connectivity index (χ0) is 16.9. The van der Waals surface area contributed by atoms with E-state index < -0.39 is 5.54 Å². The average Bonchev–Trinajstić information content (AvgIpc) is 3.00. The SMILES string of the molecule is CC[C@](C)(NCC(=O)NC1(C#N)CCCCC1)c1nc(C)cs1. The molecule has 1 amide bonds. The number of aryl methyl sites for hydroxylation is 1. The molecule has 6 heteroatoms. The number of nitrogens with zero attached hydrogens (tertiary/aromatic N) is 2. The van der Waals surface area contributed by atoms with Crippen LogP contribution in [0.5, 0.6) is 0 Å². The van der Waals surface area contributed by atoms with Crippen LogP contribution < -0.4 is 10.6 Å². The van der Waals surface area contributed by atoms with Crippen LogP contribution in [-0.2, 0) is 10.3 Å². The molecule has 2 rings (SSSR count). The summed E-state index contributed by atoms with van der Waals surface area (Å²) in [6.07, 6.45) is 5.52. The van der Waals surface area contributed by atoms with E-state index in [0.717, 1.165) is 49.2 Å². The van der Waals surface area contributed by atoms with Gasteiger partial charge in [0.05, 0.1) is 18.2 Å². The van der Waals surface area contributed by atoms with E-state index in [2.05, 4.69) is 35.5 Å². The molecule has 0 aromatic carbocycles. The van der Waals surface area contributed by atoms with Gasteiger partial charge in [-0.05, 0) is 33.1 Å². The summed E-state index contributed by atoms with van der Waals surface area (Å²) >= 11 is 1.61. The average molecular weight is 334 g/mol. The van der Waals surface area contributed by atoms with Crippen LogP contribution in [0.25, 0.3) is 0 Å². The highest BCUT2D eigenvalue weighted by Gasteiger charge is 2.34. The van der Waals surface area contributed by atoms with Crippen molar-refractivity contribution in [2.45, 2.75) is 70.4 Å². The maximum atomic E-state index is 12.3. The number of aromatic nitrogens is 1. The summed E-state index contributed by atoms with van der Waals surface area (Å²) in [5, 5.41) is 18.8. The Morgan fingerprint density at radius 1 is 1.48 bits per heavy atom. The van der Waals surface area contributed by atoms with Gasteiger partial charge in [0, 0.05) is 11.1 Å². The van der Waals surface area contributed by atoms with Crippen LogP contribution in [0.15, 0.2) is 5.38 Å². The standard InChI is InChI=1S/C17H26N4OS/c1-4-16(3,15-20-13(2)11-23-15)19-10-14(22)21-17(12-18)8-6-5-7-9-17/h11,19H,4-10H2,1-3H3,(H,21,22)/t16-/m0/s1. The van der Waals surface area contributed by atoms with Crippen LogP contribution in [0, 0.1) is 18.3 Å². The smallest absolute Gasteiger partial charge is 0.235 e. The number of hydrogen-bond acceptors (Lipinski definition) is 5. The van der Waals surface area contributed by atoms with Crippen molar-refractivity contribution in [1.29, 1.82) is 5.26 Å². The molecule has 1 aliphatic carbocycles. The Morgan fingerprint density at radius 2 is 2.17 bits per heavy atom. The summed E-state index contributed by atoms with van der Waals surface area (Å²) in [6, 6.07) is 2.32. The molecule has 0 unspecified atom stereocenters. The third-order valence-electron chi connectivity index (χ3n) is 4.74. The Bertz CT molecular complexity index is 586. The van der Waals surface area contributed by atoms with Gasteiger partial charge in [0.1, 0.15) is 10.5 Å². The summed E-state index contributed by atoms with van der Waals surface area (Å²) in [4.78, 5) is 16.9. The van der Waals surface area contributed by atoms with Crippen molar-refractivity contribution in [3.8, 4) is 6.07 Å². The fourth-order valence-electron chi connectivity index (χ4n) is 2.97. The first kappa shape index (κ1) is 17.9. The van der Waals surface area contributed by atoms with Crippen LogP contribution in [0.4, 0.5) is 0 Å². The molecule has 5 nitrogen and oxygen atoms in total. The highest BCUT2D eigenvalue weighted by Crippen LogP contribution is 2.28. The fourth-order valence-corrected chi connectivity index (χ4v) is 3.97. The Hall–Kier alpha value is -1.45. The maximum Gasteiger partial charge on any atom is 0.235 e. The van der Waals surface area contributed by atoms with Gasteiger partial charge in [-0.3, -0.25) is 10.1 Å². The van der Waals surface area contributed by atoms with Gasteiger partial charge in [-0.1, -0.05) is 26.2 Å². The molecule has 1 saturated carbocycles. The van der Waals surface area contributed by atoms with E-state index in [4.69, 9.17) is 0 Å². The van der Waals surface area contributed by atoms with Crippen molar-refractivity contribution in [3.63, 3.8) is 0 Å². The van der Waals surface area contributed by atoms with Gasteiger partial charge in [0.2, 0.25) is 5.91 Å². The highest BCUT2D eigenvalue weighted by atomic mass is 32.1. The molecule has 0 spiro atoms. The van der Waals surface area contributed by atoms with Gasteiger partial charge >= 0.3 is 0 Å². The number of hydrogen-bond donors (Lipinski definition) is 2. The van der Waals surface area contributed by atoms with Crippen LogP contribution in [0.1, 0.15) is 63.1 Å². The third kappa shape index (κ3) is 4.30. The number of thiazole rings is 1. The predicted molar refractivity (Wildman–Crippen MR) is 92.1 cm³/mol. The Labute approximate surface area is 142 Å². The second-order valence-electron chi connectivity index (χ2n) is 6.64. The summed E-state index contributed by atoms with van der Waals surface area (Å²) in [5.41, 5.74) is 0.0154. The molecule has 0 bridgehead atoms. The fraction of sp³-hybridized carbons (Fsp3) is 0.706. The molecule has 0 aliphatic heterocycles. The van der Waals surface area contributed by atoms with Crippen molar-refractivity contribution in [2.24, 2.45) is 0 Å². The largest absolute Gasteiger partial charge is 0.337 e. The molecule has 1 fully saturated rings. The Kier molecular flexibility index (Phi) is 5.77. The van der Waals surface area contributed by atoms with Crippen molar-refractivity contribution in [1.82, 2.24) is 15.6 Å². The molecule has 1 heterocycles. The summed E-state index contributed by atoms with van der Waals surface area (Å²) in [6.45, 7) is 6.33. The summed E-state index contributed by atoms with van der Waals surface area (Å²) in [5.74, 6) is -0.110. The monoisotopic (exact) mass is 334 g/mol. The maximum absolute atomic E-state index is 12.3. The van der Waals surface area contributed by atoms with E-state index in [1.807, 2.05) is 12.3 Å². The lowest BCUT2D eigenvalue weighted by Gasteiger charge is -2.33. The van der Waals surface area contributed by atoms with Crippen LogP contribution >= 0.6 is 11.3 Å². The number of rotatable bonds is 6. The predicted octanol–water partition coefficient (Wildman–Crippen LogP) is 3.01.